The molecule has 1 heterocycles. The Kier molecular flexibility index (Phi) is 5.53. The molecule has 0 radical (unpaired) electrons. The van der Waals surface area contributed by atoms with Gasteiger partial charge in [0.05, 0.1) is 11.8 Å². The van der Waals surface area contributed by atoms with E-state index in [2.05, 4.69) is 77.1 Å². The third-order valence-corrected chi connectivity index (χ3v) is 5.46. The molecule has 0 saturated heterocycles. The Balaban J connectivity index is 1.73. The molecular formula is C19H21N3S2. The zero-order chi connectivity index (χ0) is 16.9. The maximum atomic E-state index is 5.45. The summed E-state index contributed by atoms with van der Waals surface area (Å²) in [6.07, 6.45) is 0. The van der Waals surface area contributed by atoms with E-state index in [4.69, 9.17) is 12.2 Å². The van der Waals surface area contributed by atoms with E-state index in [1.807, 2.05) is 17.8 Å². The number of nitrogens with zero attached hydrogens (tertiary/aromatic N) is 2. The van der Waals surface area contributed by atoms with Crippen molar-refractivity contribution in [3.63, 3.8) is 0 Å². The number of thioether (sulfide) groups is 1. The first-order valence-electron chi connectivity index (χ1n) is 8.00. The van der Waals surface area contributed by atoms with Crippen LogP contribution in [0.1, 0.15) is 35.5 Å². The molecule has 5 heteroatoms. The van der Waals surface area contributed by atoms with Crippen LogP contribution in [0.15, 0.2) is 54.6 Å². The van der Waals surface area contributed by atoms with Crippen molar-refractivity contribution in [3.8, 4) is 0 Å². The molecule has 0 unspecified atom stereocenters. The Morgan fingerprint density at radius 1 is 1.08 bits per heavy atom. The molecule has 1 aromatic heterocycles. The molecule has 0 amide bonds. The second-order valence-corrected chi connectivity index (χ2v) is 7.19. The van der Waals surface area contributed by atoms with Gasteiger partial charge in [-0.15, -0.1) is 11.8 Å². The standard InChI is InChI=1S/C19H21N3S2/c1-14-8-6-7-11-17(14)12-24-13-18-20-21-19(23)22(18)15(2)16-9-4-3-5-10-16/h3-11,15H,12-13H2,1-2H3,(H,21,23)/t15-/m0/s1. The van der Waals surface area contributed by atoms with Gasteiger partial charge >= 0.3 is 0 Å². The summed E-state index contributed by atoms with van der Waals surface area (Å²) in [5.74, 6) is 2.81. The number of hydrogen-bond acceptors (Lipinski definition) is 3. The molecule has 24 heavy (non-hydrogen) atoms. The van der Waals surface area contributed by atoms with Gasteiger partial charge in [-0.25, -0.2) is 0 Å². The van der Waals surface area contributed by atoms with Gasteiger partial charge in [0.25, 0.3) is 0 Å². The number of aromatic amines is 1. The topological polar surface area (TPSA) is 33.6 Å². The van der Waals surface area contributed by atoms with Crippen molar-refractivity contribution in [2.24, 2.45) is 0 Å². The van der Waals surface area contributed by atoms with Gasteiger partial charge in [0.2, 0.25) is 0 Å². The highest BCUT2D eigenvalue weighted by atomic mass is 32.2. The van der Waals surface area contributed by atoms with Crippen LogP contribution in [0.25, 0.3) is 0 Å². The third kappa shape index (κ3) is 3.79. The average molecular weight is 356 g/mol. The minimum Gasteiger partial charge on any atom is -0.296 e. The summed E-state index contributed by atoms with van der Waals surface area (Å²) in [7, 11) is 0. The Labute approximate surface area is 152 Å². The molecule has 0 aliphatic carbocycles. The number of aromatic nitrogens is 3. The average Bonchev–Trinajstić information content (AvgIpc) is 2.97. The fourth-order valence-electron chi connectivity index (χ4n) is 2.74. The summed E-state index contributed by atoms with van der Waals surface area (Å²) in [5, 5.41) is 7.39. The Hall–Kier alpha value is -1.85. The van der Waals surface area contributed by atoms with Gasteiger partial charge in [0, 0.05) is 5.75 Å². The lowest BCUT2D eigenvalue weighted by Gasteiger charge is -2.16. The van der Waals surface area contributed by atoms with Gasteiger partial charge in [0.1, 0.15) is 5.82 Å². The zero-order valence-corrected chi connectivity index (χ0v) is 15.5. The van der Waals surface area contributed by atoms with Crippen molar-refractivity contribution in [2.75, 3.05) is 0 Å². The minimum atomic E-state index is 0.173. The van der Waals surface area contributed by atoms with E-state index in [1.54, 1.807) is 0 Å². The van der Waals surface area contributed by atoms with Crippen molar-refractivity contribution < 1.29 is 0 Å². The fourth-order valence-corrected chi connectivity index (χ4v) is 4.08. The van der Waals surface area contributed by atoms with Crippen LogP contribution < -0.4 is 0 Å². The number of nitrogens with one attached hydrogen (secondary N) is 1. The lowest BCUT2D eigenvalue weighted by molar-refractivity contribution is 0.608. The summed E-state index contributed by atoms with van der Waals surface area (Å²) in [6.45, 7) is 4.32. The lowest BCUT2D eigenvalue weighted by atomic mass is 10.1. The van der Waals surface area contributed by atoms with Gasteiger partial charge in [-0.1, -0.05) is 54.6 Å². The maximum absolute atomic E-state index is 5.45. The molecule has 0 spiro atoms. The Bertz CT molecular complexity index is 852. The molecule has 1 N–H and O–H groups in total. The molecule has 0 fully saturated rings. The van der Waals surface area contributed by atoms with Crippen LogP contribution in [-0.4, -0.2) is 14.8 Å². The second kappa shape index (κ2) is 7.81. The summed E-state index contributed by atoms with van der Waals surface area (Å²) in [5.41, 5.74) is 3.95. The summed E-state index contributed by atoms with van der Waals surface area (Å²) >= 11 is 7.31. The largest absolute Gasteiger partial charge is 0.296 e. The molecular weight excluding hydrogens is 334 g/mol. The number of hydrogen-bond donors (Lipinski definition) is 1. The van der Waals surface area contributed by atoms with Gasteiger partial charge in [-0.3, -0.25) is 9.67 Å². The quantitative estimate of drug-likeness (QED) is 0.610. The summed E-state index contributed by atoms with van der Waals surface area (Å²) in [4.78, 5) is 0. The fraction of sp³-hybridized carbons (Fsp3) is 0.263. The second-order valence-electron chi connectivity index (χ2n) is 5.82. The molecule has 0 bridgehead atoms. The molecule has 2 aromatic carbocycles. The number of H-pyrrole nitrogens is 1. The minimum absolute atomic E-state index is 0.173. The maximum Gasteiger partial charge on any atom is 0.195 e. The SMILES string of the molecule is Cc1ccccc1CSCc1n[nH]c(=S)n1[C@@H](C)c1ccccc1. The van der Waals surface area contributed by atoms with E-state index in [9.17, 15) is 0 Å². The van der Waals surface area contributed by atoms with Crippen LogP contribution in [0.3, 0.4) is 0 Å². The van der Waals surface area contributed by atoms with Crippen LogP contribution in [0.5, 0.6) is 0 Å². The van der Waals surface area contributed by atoms with E-state index in [0.717, 1.165) is 17.3 Å². The molecule has 3 aromatic rings. The highest BCUT2D eigenvalue weighted by Crippen LogP contribution is 2.24. The van der Waals surface area contributed by atoms with Gasteiger partial charge in [-0.05, 0) is 42.8 Å². The monoisotopic (exact) mass is 355 g/mol. The molecule has 1 atom stereocenters. The van der Waals surface area contributed by atoms with Crippen molar-refractivity contribution >= 4 is 24.0 Å². The molecule has 0 aliphatic rings. The normalized spacial score (nSPS) is 12.2. The zero-order valence-electron chi connectivity index (χ0n) is 13.9. The van der Waals surface area contributed by atoms with Crippen LogP contribution in [0.4, 0.5) is 0 Å². The molecule has 3 nitrogen and oxygen atoms in total. The van der Waals surface area contributed by atoms with Crippen molar-refractivity contribution in [2.45, 2.75) is 31.4 Å². The molecule has 0 saturated carbocycles. The third-order valence-electron chi connectivity index (χ3n) is 4.20. The van der Waals surface area contributed by atoms with E-state index < -0.39 is 0 Å². The lowest BCUT2D eigenvalue weighted by Crippen LogP contribution is -2.10. The van der Waals surface area contributed by atoms with Crippen LogP contribution >= 0.6 is 24.0 Å². The molecule has 124 valence electrons. The first-order chi connectivity index (χ1) is 11.7. The van der Waals surface area contributed by atoms with Crippen molar-refractivity contribution in [3.05, 3.63) is 81.9 Å². The van der Waals surface area contributed by atoms with Gasteiger partial charge in [0.15, 0.2) is 4.77 Å². The number of aryl methyl sites for hydroxylation is 1. The van der Waals surface area contributed by atoms with E-state index in [0.29, 0.717) is 4.77 Å². The van der Waals surface area contributed by atoms with E-state index >= 15 is 0 Å². The van der Waals surface area contributed by atoms with Crippen LogP contribution in [-0.2, 0) is 11.5 Å². The highest BCUT2D eigenvalue weighted by molar-refractivity contribution is 7.97. The van der Waals surface area contributed by atoms with Crippen LogP contribution in [0.2, 0.25) is 0 Å². The Morgan fingerprint density at radius 3 is 2.54 bits per heavy atom. The van der Waals surface area contributed by atoms with Crippen molar-refractivity contribution in [1.29, 1.82) is 0 Å². The number of benzene rings is 2. The van der Waals surface area contributed by atoms with Gasteiger partial charge < -0.3 is 0 Å². The Morgan fingerprint density at radius 2 is 1.79 bits per heavy atom. The van der Waals surface area contributed by atoms with Crippen LogP contribution in [0, 0.1) is 11.7 Å². The molecule has 0 aliphatic heterocycles. The smallest absolute Gasteiger partial charge is 0.195 e. The first kappa shape index (κ1) is 17.0. The number of rotatable bonds is 6. The van der Waals surface area contributed by atoms with Gasteiger partial charge in [-0.2, -0.15) is 5.10 Å². The van der Waals surface area contributed by atoms with E-state index in [1.165, 1.54) is 16.7 Å². The van der Waals surface area contributed by atoms with E-state index in [-0.39, 0.29) is 6.04 Å². The predicted molar refractivity (Wildman–Crippen MR) is 104 cm³/mol. The summed E-state index contributed by atoms with van der Waals surface area (Å²) < 4.78 is 2.80. The summed E-state index contributed by atoms with van der Waals surface area (Å²) in [6, 6.07) is 19.1. The molecule has 3 rings (SSSR count). The predicted octanol–water partition coefficient (Wildman–Crippen LogP) is 5.29. The highest BCUT2D eigenvalue weighted by Gasteiger charge is 2.14. The first-order valence-corrected chi connectivity index (χ1v) is 9.56. The van der Waals surface area contributed by atoms with Crippen molar-refractivity contribution in [1.82, 2.24) is 14.8 Å².